The van der Waals surface area contributed by atoms with E-state index in [1.807, 2.05) is 0 Å². The number of nitrogens with zero attached hydrogens (tertiary/aromatic N) is 2. The third kappa shape index (κ3) is 2.42. The molecular formula is C11H9ClFN3O4. The van der Waals surface area contributed by atoms with Gasteiger partial charge in [-0.15, -0.1) is 0 Å². The molecule has 0 bridgehead atoms. The van der Waals surface area contributed by atoms with Crippen LogP contribution in [0.15, 0.2) is 12.1 Å². The van der Waals surface area contributed by atoms with E-state index in [9.17, 15) is 24.1 Å². The minimum absolute atomic E-state index is 0.108. The standard InChI is InChI=1S/C11H9ClFN3O4/c1-15-10(17)4-8(11(15)18)14-7-2-5(12)6(13)3-9(7)16(19)20/h2-3,8,14H,4H2,1H3. The topological polar surface area (TPSA) is 92.6 Å². The molecule has 1 aliphatic rings. The quantitative estimate of drug-likeness (QED) is 0.519. The van der Waals surface area contributed by atoms with Crippen LogP contribution >= 0.6 is 11.6 Å². The Bertz CT molecular complexity index is 622. The highest BCUT2D eigenvalue weighted by molar-refractivity contribution is 6.31. The molecule has 0 aromatic heterocycles. The molecule has 1 fully saturated rings. The summed E-state index contributed by atoms with van der Waals surface area (Å²) in [5.41, 5.74) is -0.662. The molecule has 2 rings (SSSR count). The zero-order valence-electron chi connectivity index (χ0n) is 10.2. The van der Waals surface area contributed by atoms with Gasteiger partial charge in [-0.05, 0) is 6.07 Å². The number of nitro groups is 1. The van der Waals surface area contributed by atoms with Crippen molar-refractivity contribution < 1.29 is 18.9 Å². The Morgan fingerprint density at radius 3 is 2.65 bits per heavy atom. The number of halogens is 2. The van der Waals surface area contributed by atoms with E-state index < -0.39 is 34.3 Å². The maximum atomic E-state index is 13.2. The number of hydrogen-bond acceptors (Lipinski definition) is 5. The monoisotopic (exact) mass is 301 g/mol. The number of hydrogen-bond donors (Lipinski definition) is 1. The Hall–Kier alpha value is -2.22. The van der Waals surface area contributed by atoms with Crippen LogP contribution in [0.2, 0.25) is 5.02 Å². The van der Waals surface area contributed by atoms with Gasteiger partial charge >= 0.3 is 0 Å². The summed E-state index contributed by atoms with van der Waals surface area (Å²) in [6, 6.07) is 0.758. The van der Waals surface area contributed by atoms with Crippen molar-refractivity contribution in [1.82, 2.24) is 4.90 Å². The minimum atomic E-state index is -0.935. The molecular weight excluding hydrogens is 293 g/mol. The summed E-state index contributed by atoms with van der Waals surface area (Å²) >= 11 is 5.57. The summed E-state index contributed by atoms with van der Waals surface area (Å²) in [5.74, 6) is -1.84. The van der Waals surface area contributed by atoms with E-state index in [1.54, 1.807) is 0 Å². The maximum Gasteiger partial charge on any atom is 0.295 e. The molecule has 1 unspecified atom stereocenters. The number of imide groups is 1. The van der Waals surface area contributed by atoms with Crippen LogP contribution in [0.4, 0.5) is 15.8 Å². The number of nitrogens with one attached hydrogen (secondary N) is 1. The highest BCUT2D eigenvalue weighted by atomic mass is 35.5. The summed E-state index contributed by atoms with van der Waals surface area (Å²) in [5, 5.41) is 13.1. The molecule has 0 radical (unpaired) electrons. The van der Waals surface area contributed by atoms with Gasteiger partial charge in [-0.25, -0.2) is 4.39 Å². The smallest absolute Gasteiger partial charge is 0.295 e. The molecule has 1 N–H and O–H groups in total. The van der Waals surface area contributed by atoms with Gasteiger partial charge in [0, 0.05) is 7.05 Å². The van der Waals surface area contributed by atoms with E-state index in [2.05, 4.69) is 5.32 Å². The lowest BCUT2D eigenvalue weighted by Gasteiger charge is -2.13. The first-order chi connectivity index (χ1) is 9.31. The van der Waals surface area contributed by atoms with Gasteiger partial charge in [0.25, 0.3) is 11.6 Å². The van der Waals surface area contributed by atoms with Crippen LogP contribution in [0.1, 0.15) is 6.42 Å². The van der Waals surface area contributed by atoms with Crippen LogP contribution in [0.5, 0.6) is 0 Å². The molecule has 20 heavy (non-hydrogen) atoms. The largest absolute Gasteiger partial charge is 0.368 e. The van der Waals surface area contributed by atoms with Crippen LogP contribution < -0.4 is 5.32 Å². The molecule has 1 aliphatic heterocycles. The fraction of sp³-hybridized carbons (Fsp3) is 0.273. The average molecular weight is 302 g/mol. The van der Waals surface area contributed by atoms with Crippen LogP contribution in [0, 0.1) is 15.9 Å². The molecule has 0 spiro atoms. The fourth-order valence-electron chi connectivity index (χ4n) is 1.86. The first kappa shape index (κ1) is 14.2. The van der Waals surface area contributed by atoms with Crippen LogP contribution in [-0.4, -0.2) is 34.7 Å². The molecule has 0 saturated carbocycles. The molecule has 7 nitrogen and oxygen atoms in total. The molecule has 1 heterocycles. The average Bonchev–Trinajstić information content (AvgIpc) is 2.61. The van der Waals surface area contributed by atoms with Crippen molar-refractivity contribution in [2.75, 3.05) is 12.4 Å². The highest BCUT2D eigenvalue weighted by Gasteiger charge is 2.37. The van der Waals surface area contributed by atoms with E-state index in [1.165, 1.54) is 7.05 Å². The number of benzene rings is 1. The van der Waals surface area contributed by atoms with Crippen molar-refractivity contribution in [3.05, 3.63) is 33.1 Å². The van der Waals surface area contributed by atoms with Crippen LogP contribution in [-0.2, 0) is 9.59 Å². The SMILES string of the molecule is CN1C(=O)CC(Nc2cc(Cl)c(F)cc2[N+](=O)[O-])C1=O. The summed E-state index contributed by atoms with van der Waals surface area (Å²) in [4.78, 5) is 34.1. The third-order valence-corrected chi connectivity index (χ3v) is 3.24. The van der Waals surface area contributed by atoms with E-state index in [0.29, 0.717) is 6.07 Å². The summed E-state index contributed by atoms with van der Waals surface area (Å²) in [6.07, 6.45) is -0.124. The first-order valence-corrected chi connectivity index (χ1v) is 5.89. The van der Waals surface area contributed by atoms with Crippen molar-refractivity contribution in [2.45, 2.75) is 12.5 Å². The van der Waals surface area contributed by atoms with Gasteiger partial charge in [0.1, 0.15) is 17.5 Å². The number of carbonyl (C=O) groups excluding carboxylic acids is 2. The lowest BCUT2D eigenvalue weighted by molar-refractivity contribution is -0.384. The Morgan fingerprint density at radius 1 is 1.50 bits per heavy atom. The Morgan fingerprint density at radius 2 is 2.15 bits per heavy atom. The van der Waals surface area contributed by atoms with Crippen molar-refractivity contribution >= 4 is 34.8 Å². The van der Waals surface area contributed by atoms with Crippen LogP contribution in [0.3, 0.4) is 0 Å². The predicted octanol–water partition coefficient (Wildman–Crippen LogP) is 1.56. The van der Waals surface area contributed by atoms with Crippen molar-refractivity contribution in [2.24, 2.45) is 0 Å². The lowest BCUT2D eigenvalue weighted by atomic mass is 10.2. The molecule has 1 saturated heterocycles. The fourth-order valence-corrected chi connectivity index (χ4v) is 2.02. The van der Waals surface area contributed by atoms with E-state index in [-0.39, 0.29) is 17.1 Å². The number of rotatable bonds is 3. The molecule has 1 aromatic carbocycles. The molecule has 106 valence electrons. The van der Waals surface area contributed by atoms with E-state index >= 15 is 0 Å². The third-order valence-electron chi connectivity index (χ3n) is 2.95. The Labute approximate surface area is 117 Å². The van der Waals surface area contributed by atoms with Gasteiger partial charge in [0.15, 0.2) is 0 Å². The Balaban J connectivity index is 2.34. The molecule has 9 heteroatoms. The number of anilines is 1. The summed E-state index contributed by atoms with van der Waals surface area (Å²) in [7, 11) is 1.32. The zero-order chi connectivity index (χ0) is 15.0. The lowest BCUT2D eigenvalue weighted by Crippen LogP contribution is -2.32. The molecule has 1 atom stereocenters. The van der Waals surface area contributed by atoms with Gasteiger partial charge in [-0.2, -0.15) is 0 Å². The van der Waals surface area contributed by atoms with Gasteiger partial charge in [0.05, 0.1) is 22.4 Å². The molecule has 0 aliphatic carbocycles. The molecule has 1 aromatic rings. The number of likely N-dealkylation sites (tertiary alicyclic amines) is 1. The second kappa shape index (κ2) is 5.04. The second-order valence-electron chi connectivity index (χ2n) is 4.23. The van der Waals surface area contributed by atoms with Crippen LogP contribution in [0.25, 0.3) is 0 Å². The number of amides is 2. The van der Waals surface area contributed by atoms with Gasteiger partial charge < -0.3 is 5.32 Å². The zero-order valence-corrected chi connectivity index (χ0v) is 11.0. The van der Waals surface area contributed by atoms with E-state index in [4.69, 9.17) is 11.6 Å². The number of likely N-dealkylation sites (N-methyl/N-ethyl adjacent to an activating group) is 1. The number of nitro benzene ring substituents is 1. The van der Waals surface area contributed by atoms with Crippen molar-refractivity contribution in [3.63, 3.8) is 0 Å². The van der Waals surface area contributed by atoms with Gasteiger partial charge in [0.2, 0.25) is 5.91 Å². The first-order valence-electron chi connectivity index (χ1n) is 5.51. The van der Waals surface area contributed by atoms with Gasteiger partial charge in [-0.3, -0.25) is 24.6 Å². The Kier molecular flexibility index (Phi) is 3.58. The predicted molar refractivity (Wildman–Crippen MR) is 67.9 cm³/mol. The van der Waals surface area contributed by atoms with Crippen molar-refractivity contribution in [1.29, 1.82) is 0 Å². The van der Waals surface area contributed by atoms with E-state index in [0.717, 1.165) is 11.0 Å². The summed E-state index contributed by atoms with van der Waals surface area (Å²) in [6.45, 7) is 0. The highest BCUT2D eigenvalue weighted by Crippen LogP contribution is 2.31. The van der Waals surface area contributed by atoms with Crippen molar-refractivity contribution in [3.8, 4) is 0 Å². The minimum Gasteiger partial charge on any atom is -0.368 e. The number of carbonyl (C=O) groups is 2. The second-order valence-corrected chi connectivity index (χ2v) is 4.64. The molecule has 2 amide bonds. The normalized spacial score (nSPS) is 18.6. The van der Waals surface area contributed by atoms with Gasteiger partial charge in [-0.1, -0.05) is 11.6 Å². The maximum absolute atomic E-state index is 13.2. The summed E-state index contributed by atoms with van der Waals surface area (Å²) < 4.78 is 13.2.